The highest BCUT2D eigenvalue weighted by Crippen LogP contribution is 2.41. The lowest BCUT2D eigenvalue weighted by Crippen LogP contribution is -2.37. The van der Waals surface area contributed by atoms with Crippen LogP contribution in [0.25, 0.3) is 0 Å². The summed E-state index contributed by atoms with van der Waals surface area (Å²) in [6.07, 6.45) is 1.42. The number of aromatic nitrogens is 3. The molecule has 0 fully saturated rings. The fourth-order valence-electron chi connectivity index (χ4n) is 3.62. The zero-order valence-corrected chi connectivity index (χ0v) is 17.0. The van der Waals surface area contributed by atoms with Gasteiger partial charge in [0, 0.05) is 11.3 Å². The number of carbonyl (C=O) groups is 1. The van der Waals surface area contributed by atoms with Gasteiger partial charge < -0.3 is 14.2 Å². The highest BCUT2D eigenvalue weighted by molar-refractivity contribution is 6.03. The molecule has 2 heterocycles. The topological polar surface area (TPSA) is 87.8 Å². The molecule has 1 aromatic heterocycles. The van der Waals surface area contributed by atoms with Crippen molar-refractivity contribution in [2.75, 3.05) is 14.2 Å². The van der Waals surface area contributed by atoms with E-state index in [4.69, 9.17) is 14.2 Å². The van der Waals surface area contributed by atoms with E-state index in [1.54, 1.807) is 38.0 Å². The lowest BCUT2D eigenvalue weighted by Gasteiger charge is -2.30. The molecule has 1 aliphatic heterocycles. The van der Waals surface area contributed by atoms with Crippen LogP contribution >= 0.6 is 0 Å². The lowest BCUT2D eigenvalue weighted by molar-refractivity contribution is -0.148. The van der Waals surface area contributed by atoms with E-state index in [-0.39, 0.29) is 6.61 Å². The van der Waals surface area contributed by atoms with Gasteiger partial charge >= 0.3 is 5.97 Å². The highest BCUT2D eigenvalue weighted by Gasteiger charge is 2.41. The Labute approximate surface area is 174 Å². The highest BCUT2D eigenvalue weighted by atomic mass is 16.5. The smallest absolute Gasteiger partial charge is 0.317 e. The first-order chi connectivity index (χ1) is 14.6. The minimum Gasteiger partial charge on any atom is -0.497 e. The number of methoxy groups -OCH3 is 2. The van der Waals surface area contributed by atoms with Gasteiger partial charge in [0.15, 0.2) is 0 Å². The maximum atomic E-state index is 13.2. The molecule has 30 heavy (non-hydrogen) atoms. The second-order valence-electron chi connectivity index (χ2n) is 6.88. The van der Waals surface area contributed by atoms with Crippen LogP contribution in [-0.4, -0.2) is 40.7 Å². The normalized spacial score (nSPS) is 17.6. The average molecular weight is 406 g/mol. The van der Waals surface area contributed by atoms with E-state index < -0.39 is 17.9 Å². The maximum Gasteiger partial charge on any atom is 0.317 e. The Kier molecular flexibility index (Phi) is 5.47. The van der Waals surface area contributed by atoms with Crippen LogP contribution in [-0.2, 0) is 16.1 Å². The van der Waals surface area contributed by atoms with E-state index >= 15 is 0 Å². The fourth-order valence-corrected chi connectivity index (χ4v) is 3.62. The summed E-state index contributed by atoms with van der Waals surface area (Å²) < 4.78 is 18.3. The molecule has 8 nitrogen and oxygen atoms in total. The van der Waals surface area contributed by atoms with Crippen molar-refractivity contribution in [2.45, 2.75) is 19.6 Å². The quantitative estimate of drug-likeness (QED) is 0.584. The van der Waals surface area contributed by atoms with Gasteiger partial charge in [-0.25, -0.2) is 9.67 Å². The molecule has 2 atom stereocenters. The molecular formula is C22H22N4O4. The molecule has 0 N–H and O–H groups in total. The second kappa shape index (κ2) is 8.36. The van der Waals surface area contributed by atoms with Crippen LogP contribution in [0.5, 0.6) is 11.5 Å². The zero-order chi connectivity index (χ0) is 21.1. The number of esters is 1. The van der Waals surface area contributed by atoms with Crippen molar-refractivity contribution in [1.29, 1.82) is 0 Å². The molecule has 0 aliphatic carbocycles. The fraction of sp³-hybridized carbons (Fsp3) is 0.273. The predicted molar refractivity (Wildman–Crippen MR) is 110 cm³/mol. The maximum absolute atomic E-state index is 13.2. The van der Waals surface area contributed by atoms with Gasteiger partial charge in [-0.1, -0.05) is 30.3 Å². The standard InChI is InChI=1S/C22H22N4O4/c1-14-19(21(27)30-12-15-7-5-4-6-8-15)20(26-22(25-14)23-13-24-26)17-11-16(28-2)9-10-18(17)29-3/h4-11,13,19-20H,12H2,1-3H3. The van der Waals surface area contributed by atoms with Gasteiger partial charge in [-0.05, 0) is 30.7 Å². The van der Waals surface area contributed by atoms with Crippen LogP contribution in [0.2, 0.25) is 0 Å². The molecule has 4 rings (SSSR count). The van der Waals surface area contributed by atoms with Crippen LogP contribution in [0, 0.1) is 5.92 Å². The van der Waals surface area contributed by atoms with Crippen LogP contribution in [0.1, 0.15) is 24.1 Å². The SMILES string of the molecule is COc1ccc(OC)c(C2C(C(=O)OCc3ccccc3)C(C)=Nc3ncnn32)c1. The zero-order valence-electron chi connectivity index (χ0n) is 17.0. The Morgan fingerprint density at radius 3 is 2.63 bits per heavy atom. The van der Waals surface area contributed by atoms with E-state index in [0.29, 0.717) is 23.2 Å². The van der Waals surface area contributed by atoms with E-state index in [2.05, 4.69) is 15.1 Å². The summed E-state index contributed by atoms with van der Waals surface area (Å²) in [5.74, 6) is 0.594. The van der Waals surface area contributed by atoms with Crippen LogP contribution in [0.15, 0.2) is 59.9 Å². The number of fused-ring (bicyclic) bond motifs is 1. The molecule has 3 aromatic rings. The largest absolute Gasteiger partial charge is 0.497 e. The summed E-state index contributed by atoms with van der Waals surface area (Å²) in [5.41, 5.74) is 2.25. The van der Waals surface area contributed by atoms with Gasteiger partial charge in [0.25, 0.3) is 0 Å². The molecular weight excluding hydrogens is 384 g/mol. The first-order valence-electron chi connectivity index (χ1n) is 9.49. The minimum absolute atomic E-state index is 0.176. The Bertz CT molecular complexity index is 1080. The second-order valence-corrected chi connectivity index (χ2v) is 6.88. The molecule has 0 saturated heterocycles. The van der Waals surface area contributed by atoms with Crippen molar-refractivity contribution in [3.63, 3.8) is 0 Å². The third-order valence-electron chi connectivity index (χ3n) is 5.09. The van der Waals surface area contributed by atoms with E-state index in [0.717, 1.165) is 11.1 Å². The van der Waals surface area contributed by atoms with Crippen LogP contribution < -0.4 is 9.47 Å². The summed E-state index contributed by atoms with van der Waals surface area (Å²) in [6, 6.07) is 14.5. The monoisotopic (exact) mass is 406 g/mol. The summed E-state index contributed by atoms with van der Waals surface area (Å²) >= 11 is 0. The molecule has 2 aromatic carbocycles. The van der Waals surface area contributed by atoms with Crippen molar-refractivity contribution in [2.24, 2.45) is 10.9 Å². The van der Waals surface area contributed by atoms with Crippen molar-refractivity contribution >= 4 is 17.6 Å². The Morgan fingerprint density at radius 1 is 1.10 bits per heavy atom. The molecule has 154 valence electrons. The Hall–Kier alpha value is -3.68. The third-order valence-corrected chi connectivity index (χ3v) is 5.09. The summed E-state index contributed by atoms with van der Waals surface area (Å²) in [5, 5.41) is 4.33. The van der Waals surface area contributed by atoms with Crippen molar-refractivity contribution < 1.29 is 19.0 Å². The Balaban J connectivity index is 1.74. The van der Waals surface area contributed by atoms with E-state index in [1.165, 1.54) is 6.33 Å². The van der Waals surface area contributed by atoms with Crippen molar-refractivity contribution in [1.82, 2.24) is 14.8 Å². The average Bonchev–Trinajstić information content (AvgIpc) is 3.24. The van der Waals surface area contributed by atoms with Crippen molar-refractivity contribution in [3.05, 3.63) is 66.0 Å². The Morgan fingerprint density at radius 2 is 1.90 bits per heavy atom. The number of ether oxygens (including phenoxy) is 3. The van der Waals surface area contributed by atoms with E-state index in [1.807, 2.05) is 36.4 Å². The number of nitrogens with zero attached hydrogens (tertiary/aromatic N) is 4. The van der Waals surface area contributed by atoms with Crippen LogP contribution in [0.3, 0.4) is 0 Å². The van der Waals surface area contributed by atoms with E-state index in [9.17, 15) is 4.79 Å². The number of hydrogen-bond acceptors (Lipinski definition) is 7. The van der Waals surface area contributed by atoms with Gasteiger partial charge in [0.05, 0.1) is 14.2 Å². The molecule has 0 radical (unpaired) electrons. The molecule has 8 heteroatoms. The molecule has 0 spiro atoms. The van der Waals surface area contributed by atoms with Gasteiger partial charge in [-0.2, -0.15) is 10.1 Å². The lowest BCUT2D eigenvalue weighted by atomic mass is 9.87. The molecule has 2 unspecified atom stereocenters. The predicted octanol–water partition coefficient (Wildman–Crippen LogP) is 3.35. The first kappa shape index (κ1) is 19.6. The van der Waals surface area contributed by atoms with Gasteiger partial charge in [-0.3, -0.25) is 4.79 Å². The molecule has 0 bridgehead atoms. The summed E-state index contributed by atoms with van der Waals surface area (Å²) in [4.78, 5) is 21.9. The number of carbonyl (C=O) groups excluding carboxylic acids is 1. The molecule has 0 amide bonds. The first-order valence-corrected chi connectivity index (χ1v) is 9.49. The van der Waals surface area contributed by atoms with Crippen LogP contribution in [0.4, 0.5) is 5.95 Å². The summed E-state index contributed by atoms with van der Waals surface area (Å²) in [7, 11) is 3.17. The van der Waals surface area contributed by atoms with Crippen molar-refractivity contribution in [3.8, 4) is 11.5 Å². The summed E-state index contributed by atoms with van der Waals surface area (Å²) in [6.45, 7) is 1.97. The molecule has 1 aliphatic rings. The number of benzene rings is 2. The molecule has 0 saturated carbocycles. The van der Waals surface area contributed by atoms with Gasteiger partial charge in [-0.15, -0.1) is 0 Å². The minimum atomic E-state index is -0.691. The number of hydrogen-bond donors (Lipinski definition) is 0. The number of aliphatic imine (C=N–C) groups is 1. The van der Waals surface area contributed by atoms with Gasteiger partial charge in [0.1, 0.15) is 36.4 Å². The third kappa shape index (κ3) is 3.63. The van der Waals surface area contributed by atoms with Gasteiger partial charge in [0.2, 0.25) is 5.95 Å². The number of rotatable bonds is 6.